The van der Waals surface area contributed by atoms with E-state index < -0.39 is 0 Å². The van der Waals surface area contributed by atoms with Gasteiger partial charge < -0.3 is 14.5 Å². The third-order valence-corrected chi connectivity index (χ3v) is 4.52. The second-order valence-corrected chi connectivity index (χ2v) is 6.79. The molecule has 0 bridgehead atoms. The molecule has 1 N–H and O–H groups in total. The van der Waals surface area contributed by atoms with E-state index in [-0.39, 0.29) is 11.7 Å². The molecule has 0 saturated heterocycles. The highest BCUT2D eigenvalue weighted by atomic mass is 79.9. The lowest BCUT2D eigenvalue weighted by Crippen LogP contribution is -2.13. The van der Waals surface area contributed by atoms with E-state index in [1.807, 2.05) is 48.5 Å². The summed E-state index contributed by atoms with van der Waals surface area (Å²) in [6.07, 6.45) is 0. The molecule has 2 aromatic carbocycles. The van der Waals surface area contributed by atoms with Crippen LogP contribution >= 0.6 is 27.7 Å². The normalized spacial score (nSPS) is 10.5. The number of methoxy groups -OCH3 is 1. The lowest BCUT2D eigenvalue weighted by atomic mass is 10.2. The molecule has 0 radical (unpaired) electrons. The fourth-order valence-corrected chi connectivity index (χ4v) is 2.83. The molecule has 128 valence electrons. The Morgan fingerprint density at radius 3 is 2.80 bits per heavy atom. The van der Waals surface area contributed by atoms with Crippen molar-refractivity contribution in [2.75, 3.05) is 18.2 Å². The van der Waals surface area contributed by atoms with Crippen LogP contribution < -0.4 is 10.1 Å². The highest BCUT2D eigenvalue weighted by molar-refractivity contribution is 9.10. The first-order valence-electron chi connectivity index (χ1n) is 7.30. The molecule has 3 aromatic rings. The minimum absolute atomic E-state index is 0.145. The zero-order chi connectivity index (χ0) is 17.6. The van der Waals surface area contributed by atoms with Crippen LogP contribution in [0, 0.1) is 0 Å². The maximum Gasteiger partial charge on any atom is 0.277 e. The van der Waals surface area contributed by atoms with E-state index in [0.29, 0.717) is 16.9 Å². The Morgan fingerprint density at radius 2 is 2.04 bits per heavy atom. The van der Waals surface area contributed by atoms with Gasteiger partial charge in [-0.25, -0.2) is 0 Å². The molecular formula is C17H14BrN3O3S. The molecule has 0 unspecified atom stereocenters. The van der Waals surface area contributed by atoms with E-state index in [9.17, 15) is 4.79 Å². The van der Waals surface area contributed by atoms with Crippen molar-refractivity contribution >= 4 is 39.3 Å². The molecule has 0 atom stereocenters. The number of nitrogens with one attached hydrogen (secondary N) is 1. The highest BCUT2D eigenvalue weighted by Crippen LogP contribution is 2.26. The summed E-state index contributed by atoms with van der Waals surface area (Å²) in [6.45, 7) is 0. The Kier molecular flexibility index (Phi) is 5.72. The minimum Gasteiger partial charge on any atom is -0.497 e. The first-order chi connectivity index (χ1) is 12.1. The van der Waals surface area contributed by atoms with Crippen LogP contribution in [0.2, 0.25) is 0 Å². The predicted octanol–water partition coefficient (Wildman–Crippen LogP) is 4.24. The number of ether oxygens (including phenoxy) is 1. The number of hydrogen-bond acceptors (Lipinski definition) is 6. The summed E-state index contributed by atoms with van der Waals surface area (Å²) in [5.74, 6) is 1.12. The van der Waals surface area contributed by atoms with Gasteiger partial charge in [0.1, 0.15) is 5.75 Å². The van der Waals surface area contributed by atoms with Gasteiger partial charge in [-0.15, -0.1) is 10.2 Å². The Morgan fingerprint density at radius 1 is 1.24 bits per heavy atom. The molecule has 0 saturated carbocycles. The molecule has 1 amide bonds. The molecule has 3 rings (SSSR count). The topological polar surface area (TPSA) is 77.2 Å². The van der Waals surface area contributed by atoms with Crippen molar-refractivity contribution in [3.05, 3.63) is 53.0 Å². The van der Waals surface area contributed by atoms with Crippen molar-refractivity contribution in [3.63, 3.8) is 0 Å². The lowest BCUT2D eigenvalue weighted by Gasteiger charge is -2.03. The first-order valence-corrected chi connectivity index (χ1v) is 9.08. The van der Waals surface area contributed by atoms with Gasteiger partial charge in [-0.05, 0) is 42.5 Å². The highest BCUT2D eigenvalue weighted by Gasteiger charge is 2.12. The van der Waals surface area contributed by atoms with Crippen molar-refractivity contribution in [1.82, 2.24) is 10.2 Å². The number of anilines is 1. The zero-order valence-electron chi connectivity index (χ0n) is 13.2. The Hall–Kier alpha value is -2.32. The molecule has 1 aromatic heterocycles. The van der Waals surface area contributed by atoms with Gasteiger partial charge in [-0.1, -0.05) is 33.8 Å². The molecule has 0 fully saturated rings. The van der Waals surface area contributed by atoms with E-state index in [1.54, 1.807) is 7.11 Å². The van der Waals surface area contributed by atoms with Crippen molar-refractivity contribution in [3.8, 4) is 17.2 Å². The summed E-state index contributed by atoms with van der Waals surface area (Å²) in [5, 5.41) is 11.1. The fraction of sp³-hybridized carbons (Fsp3) is 0.118. The lowest BCUT2D eigenvalue weighted by molar-refractivity contribution is -0.113. The summed E-state index contributed by atoms with van der Waals surface area (Å²) in [7, 11) is 1.60. The van der Waals surface area contributed by atoms with Crippen LogP contribution in [0.3, 0.4) is 0 Å². The van der Waals surface area contributed by atoms with Crippen LogP contribution in [0.25, 0.3) is 11.5 Å². The van der Waals surface area contributed by atoms with Crippen LogP contribution in [0.5, 0.6) is 5.75 Å². The van der Waals surface area contributed by atoms with Gasteiger partial charge in [0.05, 0.1) is 12.9 Å². The smallest absolute Gasteiger partial charge is 0.277 e. The Labute approximate surface area is 157 Å². The van der Waals surface area contributed by atoms with Crippen LogP contribution in [-0.2, 0) is 4.79 Å². The molecule has 0 aliphatic rings. The van der Waals surface area contributed by atoms with Crippen molar-refractivity contribution < 1.29 is 13.9 Å². The number of amides is 1. The van der Waals surface area contributed by atoms with Gasteiger partial charge in [0, 0.05) is 15.7 Å². The molecule has 0 aliphatic heterocycles. The zero-order valence-corrected chi connectivity index (χ0v) is 15.6. The summed E-state index contributed by atoms with van der Waals surface area (Å²) in [5.41, 5.74) is 1.49. The van der Waals surface area contributed by atoms with Gasteiger partial charge in [-0.2, -0.15) is 0 Å². The summed E-state index contributed by atoms with van der Waals surface area (Å²) in [4.78, 5) is 12.0. The van der Waals surface area contributed by atoms with Crippen LogP contribution in [0.4, 0.5) is 5.69 Å². The maximum absolute atomic E-state index is 12.0. The summed E-state index contributed by atoms with van der Waals surface area (Å²) < 4.78 is 11.7. The first kappa shape index (κ1) is 17.5. The van der Waals surface area contributed by atoms with Gasteiger partial charge in [0.25, 0.3) is 5.22 Å². The van der Waals surface area contributed by atoms with Crippen LogP contribution in [-0.4, -0.2) is 29.0 Å². The van der Waals surface area contributed by atoms with Gasteiger partial charge >= 0.3 is 0 Å². The number of hydrogen-bond donors (Lipinski definition) is 1. The SMILES string of the molecule is COc1cccc(-c2nnc(SCC(=O)Nc3ccc(Br)cc3)o2)c1. The van der Waals surface area contributed by atoms with E-state index in [1.165, 1.54) is 11.8 Å². The monoisotopic (exact) mass is 419 g/mol. The second kappa shape index (κ2) is 8.17. The molecule has 25 heavy (non-hydrogen) atoms. The maximum atomic E-state index is 12.0. The fourth-order valence-electron chi connectivity index (χ4n) is 2.00. The number of rotatable bonds is 6. The van der Waals surface area contributed by atoms with Crippen molar-refractivity contribution in [2.45, 2.75) is 5.22 Å². The molecule has 0 aliphatic carbocycles. The third kappa shape index (κ3) is 4.83. The van der Waals surface area contributed by atoms with E-state index in [0.717, 1.165) is 15.7 Å². The summed E-state index contributed by atoms with van der Waals surface area (Å²) in [6, 6.07) is 14.7. The second-order valence-electron chi connectivity index (χ2n) is 4.95. The predicted molar refractivity (Wildman–Crippen MR) is 99.8 cm³/mol. The largest absolute Gasteiger partial charge is 0.497 e. The van der Waals surface area contributed by atoms with E-state index in [4.69, 9.17) is 9.15 Å². The average Bonchev–Trinajstić information content (AvgIpc) is 3.11. The third-order valence-electron chi connectivity index (χ3n) is 3.18. The number of nitrogens with zero attached hydrogens (tertiary/aromatic N) is 2. The molecule has 6 nitrogen and oxygen atoms in total. The van der Waals surface area contributed by atoms with Gasteiger partial charge in [0.15, 0.2) is 0 Å². The van der Waals surface area contributed by atoms with Crippen molar-refractivity contribution in [1.29, 1.82) is 0 Å². The van der Waals surface area contributed by atoms with Gasteiger partial charge in [-0.3, -0.25) is 4.79 Å². The molecule has 8 heteroatoms. The minimum atomic E-state index is -0.145. The number of carbonyl (C=O) groups excluding carboxylic acids is 1. The number of benzene rings is 2. The number of halogens is 1. The van der Waals surface area contributed by atoms with E-state index in [2.05, 4.69) is 31.4 Å². The number of carbonyl (C=O) groups is 1. The van der Waals surface area contributed by atoms with Crippen molar-refractivity contribution in [2.24, 2.45) is 0 Å². The van der Waals surface area contributed by atoms with Crippen LogP contribution in [0.15, 0.2) is 62.6 Å². The quantitative estimate of drug-likeness (QED) is 0.602. The van der Waals surface area contributed by atoms with Gasteiger partial charge in [0.2, 0.25) is 11.8 Å². The standard InChI is InChI=1S/C17H14BrN3O3S/c1-23-14-4-2-3-11(9-14)16-20-21-17(24-16)25-10-15(22)19-13-7-5-12(18)6-8-13/h2-9H,10H2,1H3,(H,19,22). The number of aromatic nitrogens is 2. The summed E-state index contributed by atoms with van der Waals surface area (Å²) >= 11 is 4.53. The average molecular weight is 420 g/mol. The molecular weight excluding hydrogens is 406 g/mol. The molecule has 1 heterocycles. The Balaban J connectivity index is 1.57. The number of thioether (sulfide) groups is 1. The Bertz CT molecular complexity index is 868. The molecule has 0 spiro atoms. The van der Waals surface area contributed by atoms with E-state index >= 15 is 0 Å². The van der Waals surface area contributed by atoms with Crippen LogP contribution in [0.1, 0.15) is 0 Å².